The number of carbonyl (C=O) groups excluding carboxylic acids is 2. The van der Waals surface area contributed by atoms with Crippen LogP contribution in [0.2, 0.25) is 0 Å². The minimum atomic E-state index is -0.747. The summed E-state index contributed by atoms with van der Waals surface area (Å²) in [5.41, 5.74) is 0.666. The predicted octanol–water partition coefficient (Wildman–Crippen LogP) is 2.66. The van der Waals surface area contributed by atoms with Crippen LogP contribution in [0.15, 0.2) is 46.9 Å². The molecular weight excluding hydrogens is 422 g/mol. The third-order valence-corrected chi connectivity index (χ3v) is 6.53. The van der Waals surface area contributed by atoms with E-state index in [9.17, 15) is 9.59 Å². The fourth-order valence-electron chi connectivity index (χ4n) is 3.24. The zero-order valence-electron chi connectivity index (χ0n) is 16.6. The van der Waals surface area contributed by atoms with Crippen molar-refractivity contribution in [3.05, 3.63) is 41.8 Å². The average molecular weight is 444 g/mol. The van der Waals surface area contributed by atoms with Gasteiger partial charge in [0.2, 0.25) is 5.91 Å². The second kappa shape index (κ2) is 8.88. The minimum Gasteiger partial charge on any atom is -0.477 e. The van der Waals surface area contributed by atoms with Crippen LogP contribution in [-0.2, 0) is 16.1 Å². The Kier molecular flexibility index (Phi) is 6.05. The summed E-state index contributed by atoms with van der Waals surface area (Å²) in [6, 6.07) is 11.2. The van der Waals surface area contributed by atoms with Crippen molar-refractivity contribution in [1.82, 2.24) is 20.1 Å². The molecule has 8 nitrogen and oxygen atoms in total. The van der Waals surface area contributed by atoms with E-state index in [0.717, 1.165) is 10.7 Å². The van der Waals surface area contributed by atoms with E-state index in [1.165, 1.54) is 11.8 Å². The molecule has 1 unspecified atom stereocenters. The van der Waals surface area contributed by atoms with E-state index in [2.05, 4.69) is 15.5 Å². The zero-order chi connectivity index (χ0) is 21.1. The molecule has 4 rings (SSSR count). The number of aromatic nitrogens is 3. The lowest BCUT2D eigenvalue weighted by molar-refractivity contribution is -0.127. The molecule has 30 heavy (non-hydrogen) atoms. The number of fused-ring (bicyclic) bond motifs is 1. The van der Waals surface area contributed by atoms with Gasteiger partial charge < -0.3 is 19.5 Å². The van der Waals surface area contributed by atoms with Crippen molar-refractivity contribution in [2.45, 2.75) is 24.7 Å². The maximum absolute atomic E-state index is 13.1. The number of carbonyl (C=O) groups is 2. The van der Waals surface area contributed by atoms with Gasteiger partial charge in [-0.15, -0.1) is 21.5 Å². The Morgan fingerprint density at radius 1 is 1.27 bits per heavy atom. The molecule has 0 bridgehead atoms. The standard InChI is InChI=1S/C20H21N5O3S2/c1-3-24-18(16-9-6-10-29-16)22-23-20(24)30-12-17(26)25-11-15(19(27)21-2)28-14-8-5-4-7-13(14)25/h4-10,15H,3,11-12H2,1-2H3,(H,21,27). The normalized spacial score (nSPS) is 15.4. The van der Waals surface area contributed by atoms with Gasteiger partial charge in [0, 0.05) is 13.6 Å². The molecule has 0 fully saturated rings. The average Bonchev–Trinajstić information content (AvgIpc) is 3.45. The molecular formula is C20H21N5O3S2. The summed E-state index contributed by atoms with van der Waals surface area (Å²) >= 11 is 2.95. The Bertz CT molecular complexity index is 1050. The van der Waals surface area contributed by atoms with Gasteiger partial charge in [0.15, 0.2) is 17.1 Å². The van der Waals surface area contributed by atoms with Gasteiger partial charge in [-0.3, -0.25) is 9.59 Å². The van der Waals surface area contributed by atoms with Crippen LogP contribution in [0.3, 0.4) is 0 Å². The number of benzene rings is 1. The summed E-state index contributed by atoms with van der Waals surface area (Å²) in [4.78, 5) is 27.9. The van der Waals surface area contributed by atoms with E-state index in [4.69, 9.17) is 4.74 Å². The van der Waals surface area contributed by atoms with Gasteiger partial charge in [-0.25, -0.2) is 0 Å². The highest BCUT2D eigenvalue weighted by Crippen LogP contribution is 2.34. The van der Waals surface area contributed by atoms with Crippen LogP contribution in [0.1, 0.15) is 6.92 Å². The van der Waals surface area contributed by atoms with E-state index >= 15 is 0 Å². The highest BCUT2D eigenvalue weighted by atomic mass is 32.2. The number of thioether (sulfide) groups is 1. The summed E-state index contributed by atoms with van der Waals surface area (Å²) in [5.74, 6) is 1.12. The van der Waals surface area contributed by atoms with Crippen LogP contribution < -0.4 is 15.0 Å². The lowest BCUT2D eigenvalue weighted by atomic mass is 10.2. The van der Waals surface area contributed by atoms with Crippen molar-refractivity contribution in [2.24, 2.45) is 0 Å². The molecule has 1 aliphatic heterocycles. The van der Waals surface area contributed by atoms with Crippen molar-refractivity contribution in [3.63, 3.8) is 0 Å². The zero-order valence-corrected chi connectivity index (χ0v) is 18.2. The summed E-state index contributed by atoms with van der Waals surface area (Å²) in [7, 11) is 1.55. The third-order valence-electron chi connectivity index (χ3n) is 4.71. The SMILES string of the molecule is CCn1c(SCC(=O)N2CC(C(=O)NC)Oc3ccccc32)nnc1-c1cccs1. The fraction of sp³-hybridized carbons (Fsp3) is 0.300. The fourth-order valence-corrected chi connectivity index (χ4v) is 4.84. The number of para-hydroxylation sites is 2. The van der Waals surface area contributed by atoms with Crippen LogP contribution in [0.5, 0.6) is 5.75 Å². The first-order chi connectivity index (χ1) is 14.6. The van der Waals surface area contributed by atoms with E-state index in [1.54, 1.807) is 29.4 Å². The Hall–Kier alpha value is -2.85. The maximum Gasteiger partial charge on any atom is 0.262 e. The number of anilines is 1. The van der Waals surface area contributed by atoms with E-state index in [-0.39, 0.29) is 24.1 Å². The van der Waals surface area contributed by atoms with Gasteiger partial charge in [0.25, 0.3) is 5.91 Å². The van der Waals surface area contributed by atoms with Crippen LogP contribution in [0, 0.1) is 0 Å². The molecule has 0 spiro atoms. The molecule has 2 aromatic heterocycles. The molecule has 0 saturated carbocycles. The molecule has 3 heterocycles. The molecule has 1 aromatic carbocycles. The number of rotatable bonds is 6. The summed E-state index contributed by atoms with van der Waals surface area (Å²) < 4.78 is 7.78. The summed E-state index contributed by atoms with van der Waals surface area (Å²) in [6.07, 6.45) is -0.747. The topological polar surface area (TPSA) is 89.4 Å². The number of nitrogens with one attached hydrogen (secondary N) is 1. The monoisotopic (exact) mass is 443 g/mol. The number of hydrogen-bond donors (Lipinski definition) is 1. The van der Waals surface area contributed by atoms with Gasteiger partial charge in [-0.2, -0.15) is 0 Å². The lowest BCUT2D eigenvalue weighted by Crippen LogP contribution is -2.50. The molecule has 0 aliphatic carbocycles. The summed E-state index contributed by atoms with van der Waals surface area (Å²) in [6.45, 7) is 2.89. The minimum absolute atomic E-state index is 0.118. The predicted molar refractivity (Wildman–Crippen MR) is 117 cm³/mol. The lowest BCUT2D eigenvalue weighted by Gasteiger charge is -2.33. The molecule has 2 amide bonds. The first kappa shape index (κ1) is 20.4. The number of amides is 2. The number of thiophene rings is 1. The van der Waals surface area contributed by atoms with Crippen LogP contribution in [0.25, 0.3) is 10.7 Å². The van der Waals surface area contributed by atoms with Crippen molar-refractivity contribution < 1.29 is 14.3 Å². The van der Waals surface area contributed by atoms with Gasteiger partial charge in [0.05, 0.1) is 22.9 Å². The maximum atomic E-state index is 13.1. The van der Waals surface area contributed by atoms with Crippen molar-refractivity contribution >= 4 is 40.6 Å². The molecule has 10 heteroatoms. The van der Waals surface area contributed by atoms with E-state index in [1.807, 2.05) is 47.2 Å². The highest BCUT2D eigenvalue weighted by molar-refractivity contribution is 7.99. The molecule has 1 atom stereocenters. The second-order valence-corrected chi connectivity index (χ2v) is 8.40. The molecule has 1 aliphatic rings. The number of nitrogens with zero attached hydrogens (tertiary/aromatic N) is 4. The first-order valence-electron chi connectivity index (χ1n) is 9.50. The Labute approximate surface area is 182 Å². The van der Waals surface area contributed by atoms with E-state index in [0.29, 0.717) is 23.1 Å². The van der Waals surface area contributed by atoms with Crippen molar-refractivity contribution in [3.8, 4) is 16.5 Å². The number of ether oxygens (including phenoxy) is 1. The quantitative estimate of drug-likeness (QED) is 0.589. The molecule has 0 saturated heterocycles. The van der Waals surface area contributed by atoms with Crippen LogP contribution in [-0.4, -0.2) is 52.0 Å². The van der Waals surface area contributed by atoms with Crippen LogP contribution in [0.4, 0.5) is 5.69 Å². The molecule has 0 radical (unpaired) electrons. The highest BCUT2D eigenvalue weighted by Gasteiger charge is 2.33. The summed E-state index contributed by atoms with van der Waals surface area (Å²) in [5, 5.41) is 13.9. The second-order valence-electron chi connectivity index (χ2n) is 6.51. The Morgan fingerprint density at radius 2 is 2.10 bits per heavy atom. The van der Waals surface area contributed by atoms with Gasteiger partial charge >= 0.3 is 0 Å². The Morgan fingerprint density at radius 3 is 2.83 bits per heavy atom. The van der Waals surface area contributed by atoms with Crippen LogP contribution >= 0.6 is 23.1 Å². The van der Waals surface area contributed by atoms with Crippen molar-refractivity contribution in [1.29, 1.82) is 0 Å². The van der Waals surface area contributed by atoms with Crippen molar-refractivity contribution in [2.75, 3.05) is 24.2 Å². The van der Waals surface area contributed by atoms with E-state index < -0.39 is 6.10 Å². The molecule has 156 valence electrons. The van der Waals surface area contributed by atoms with Gasteiger partial charge in [-0.05, 0) is 30.5 Å². The van der Waals surface area contributed by atoms with Gasteiger partial charge in [0.1, 0.15) is 5.75 Å². The first-order valence-corrected chi connectivity index (χ1v) is 11.4. The number of likely N-dealkylation sites (N-methyl/N-ethyl adjacent to an activating group) is 1. The smallest absolute Gasteiger partial charge is 0.262 e. The third kappa shape index (κ3) is 3.92. The molecule has 3 aromatic rings. The number of hydrogen-bond acceptors (Lipinski definition) is 7. The Balaban J connectivity index is 1.52. The largest absolute Gasteiger partial charge is 0.477 e. The van der Waals surface area contributed by atoms with Gasteiger partial charge in [-0.1, -0.05) is 30.0 Å². The molecule has 1 N–H and O–H groups in total.